The molecule has 1 fully saturated rings. The highest BCUT2D eigenvalue weighted by atomic mass is 16.5. The van der Waals surface area contributed by atoms with Crippen molar-refractivity contribution in [2.75, 3.05) is 13.2 Å². The van der Waals surface area contributed by atoms with Crippen LogP contribution in [-0.4, -0.2) is 30.1 Å². The van der Waals surface area contributed by atoms with Gasteiger partial charge in [-0.3, -0.25) is 4.79 Å². The number of hydrogen-bond acceptors (Lipinski definition) is 3. The third-order valence-corrected chi connectivity index (χ3v) is 5.20. The van der Waals surface area contributed by atoms with Crippen molar-refractivity contribution >= 4 is 5.91 Å². The van der Waals surface area contributed by atoms with Crippen LogP contribution in [-0.2, 0) is 4.79 Å². The van der Waals surface area contributed by atoms with E-state index in [1.165, 1.54) is 0 Å². The van der Waals surface area contributed by atoms with Gasteiger partial charge in [0.05, 0.1) is 19.3 Å². The second-order valence-corrected chi connectivity index (χ2v) is 7.56. The summed E-state index contributed by atoms with van der Waals surface area (Å²) >= 11 is 0. The van der Waals surface area contributed by atoms with E-state index in [1.54, 1.807) is 0 Å². The lowest BCUT2D eigenvalue weighted by Crippen LogP contribution is -2.36. The molecule has 1 heterocycles. The molecule has 1 aliphatic heterocycles. The highest BCUT2D eigenvalue weighted by Crippen LogP contribution is 2.38. The third kappa shape index (κ3) is 4.47. The summed E-state index contributed by atoms with van der Waals surface area (Å²) in [4.78, 5) is 15.1. The number of hydrogen-bond donors (Lipinski definition) is 0. The normalized spacial score (nSPS) is 19.0. The van der Waals surface area contributed by atoms with Crippen molar-refractivity contribution in [2.24, 2.45) is 5.92 Å². The lowest BCUT2D eigenvalue weighted by molar-refractivity contribution is -0.135. The molecule has 1 aromatic rings. The second kappa shape index (κ2) is 8.11. The predicted octanol–water partition coefficient (Wildman–Crippen LogP) is 4.73. The van der Waals surface area contributed by atoms with E-state index in [4.69, 9.17) is 9.47 Å². The molecule has 0 radical (unpaired) electrons. The van der Waals surface area contributed by atoms with Crippen LogP contribution in [0.1, 0.15) is 70.9 Å². The molecule has 0 aromatic heterocycles. The zero-order chi connectivity index (χ0) is 17.8. The van der Waals surface area contributed by atoms with Crippen LogP contribution in [0.25, 0.3) is 0 Å². The maximum absolute atomic E-state index is 12.9. The Morgan fingerprint density at radius 2 is 1.92 bits per heavy atom. The van der Waals surface area contributed by atoms with E-state index >= 15 is 0 Å². The van der Waals surface area contributed by atoms with Gasteiger partial charge in [0.25, 0.3) is 0 Å². The maximum Gasteiger partial charge on any atom is 0.223 e. The van der Waals surface area contributed by atoms with E-state index in [9.17, 15) is 4.79 Å². The van der Waals surface area contributed by atoms with Gasteiger partial charge >= 0.3 is 0 Å². The van der Waals surface area contributed by atoms with Gasteiger partial charge in [-0.25, -0.2) is 0 Å². The van der Waals surface area contributed by atoms with Crippen molar-refractivity contribution in [1.82, 2.24) is 4.90 Å². The van der Waals surface area contributed by atoms with Crippen molar-refractivity contribution in [1.29, 1.82) is 0 Å². The molecule has 4 heteroatoms. The largest absolute Gasteiger partial charge is 0.490 e. The van der Waals surface area contributed by atoms with Gasteiger partial charge in [0, 0.05) is 18.9 Å². The van der Waals surface area contributed by atoms with Crippen LogP contribution in [0.2, 0.25) is 0 Å². The number of fused-ring (bicyclic) bond motifs is 1. The second-order valence-electron chi connectivity index (χ2n) is 7.56. The Balaban J connectivity index is 1.75. The summed E-state index contributed by atoms with van der Waals surface area (Å²) in [5.74, 6) is 2.37. The monoisotopic (exact) mass is 345 g/mol. The van der Waals surface area contributed by atoms with Crippen LogP contribution in [0.4, 0.5) is 0 Å². The summed E-state index contributed by atoms with van der Waals surface area (Å²) in [5, 5.41) is 0. The minimum Gasteiger partial charge on any atom is -0.490 e. The molecule has 4 nitrogen and oxygen atoms in total. The summed E-state index contributed by atoms with van der Waals surface area (Å²) in [5.41, 5.74) is 1.13. The highest BCUT2D eigenvalue weighted by molar-refractivity contribution is 5.77. The Kier molecular flexibility index (Phi) is 5.87. The van der Waals surface area contributed by atoms with E-state index in [0.29, 0.717) is 37.5 Å². The van der Waals surface area contributed by atoms with Crippen LogP contribution < -0.4 is 9.47 Å². The van der Waals surface area contributed by atoms with Crippen LogP contribution in [0.5, 0.6) is 11.5 Å². The lowest BCUT2D eigenvalue weighted by atomic mass is 9.99. The van der Waals surface area contributed by atoms with E-state index in [-0.39, 0.29) is 6.04 Å². The molecular weight excluding hydrogens is 314 g/mol. The van der Waals surface area contributed by atoms with E-state index in [0.717, 1.165) is 49.2 Å². The summed E-state index contributed by atoms with van der Waals surface area (Å²) in [6.45, 7) is 7.89. The molecule has 2 atom stereocenters. The summed E-state index contributed by atoms with van der Waals surface area (Å²) in [6, 6.07) is 6.61. The van der Waals surface area contributed by atoms with E-state index < -0.39 is 0 Å². The van der Waals surface area contributed by atoms with Gasteiger partial charge in [-0.15, -0.1) is 0 Å². The van der Waals surface area contributed by atoms with E-state index in [2.05, 4.69) is 37.8 Å². The molecule has 3 rings (SSSR count). The van der Waals surface area contributed by atoms with Gasteiger partial charge in [-0.2, -0.15) is 0 Å². The first-order valence-corrected chi connectivity index (χ1v) is 9.80. The first-order valence-electron chi connectivity index (χ1n) is 9.80. The standard InChI is InChI=1S/C21H31NO3/c1-4-6-15(2)13-21(23)22(18-8-9-18)16(3)17-7-10-19-20(14-17)25-12-5-11-24-19/h7,10,14-16,18H,4-6,8-9,11-13H2,1-3H3. The predicted molar refractivity (Wildman–Crippen MR) is 99.0 cm³/mol. The molecule has 1 aromatic carbocycles. The Labute approximate surface area is 151 Å². The summed E-state index contributed by atoms with van der Waals surface area (Å²) in [7, 11) is 0. The lowest BCUT2D eigenvalue weighted by Gasteiger charge is -2.31. The van der Waals surface area contributed by atoms with Crippen LogP contribution in [0.15, 0.2) is 18.2 Å². The van der Waals surface area contributed by atoms with Crippen LogP contribution in [0, 0.1) is 5.92 Å². The molecule has 138 valence electrons. The van der Waals surface area contributed by atoms with Gasteiger partial charge in [0.15, 0.2) is 11.5 Å². The molecule has 1 saturated carbocycles. The first-order chi connectivity index (χ1) is 12.1. The fourth-order valence-electron chi connectivity index (χ4n) is 3.69. The summed E-state index contributed by atoms with van der Waals surface area (Å²) < 4.78 is 11.5. The molecule has 0 saturated heterocycles. The average molecular weight is 345 g/mol. The molecular formula is C21H31NO3. The smallest absolute Gasteiger partial charge is 0.223 e. The number of carbonyl (C=O) groups is 1. The molecule has 0 spiro atoms. The molecule has 0 bridgehead atoms. The van der Waals surface area contributed by atoms with Crippen LogP contribution >= 0.6 is 0 Å². The van der Waals surface area contributed by atoms with Gasteiger partial charge in [-0.05, 0) is 43.4 Å². The molecule has 1 amide bonds. The Morgan fingerprint density at radius 1 is 1.20 bits per heavy atom. The topological polar surface area (TPSA) is 38.8 Å². The fourth-order valence-corrected chi connectivity index (χ4v) is 3.69. The molecule has 0 N–H and O–H groups in total. The molecule has 2 aliphatic rings. The molecule has 25 heavy (non-hydrogen) atoms. The van der Waals surface area contributed by atoms with Crippen LogP contribution in [0.3, 0.4) is 0 Å². The first kappa shape index (κ1) is 18.1. The molecule has 1 aliphatic carbocycles. The van der Waals surface area contributed by atoms with Gasteiger partial charge < -0.3 is 14.4 Å². The zero-order valence-electron chi connectivity index (χ0n) is 15.8. The van der Waals surface area contributed by atoms with Gasteiger partial charge in [0.1, 0.15) is 0 Å². The quantitative estimate of drug-likeness (QED) is 0.717. The van der Waals surface area contributed by atoms with Crippen molar-refractivity contribution in [3.63, 3.8) is 0 Å². The Morgan fingerprint density at radius 3 is 2.60 bits per heavy atom. The average Bonchev–Trinajstić information content (AvgIpc) is 3.41. The van der Waals surface area contributed by atoms with Crippen molar-refractivity contribution in [3.8, 4) is 11.5 Å². The molecule has 2 unspecified atom stereocenters. The Hall–Kier alpha value is -1.71. The number of nitrogens with zero attached hydrogens (tertiary/aromatic N) is 1. The number of benzene rings is 1. The van der Waals surface area contributed by atoms with E-state index in [1.807, 2.05) is 6.07 Å². The number of ether oxygens (including phenoxy) is 2. The number of carbonyl (C=O) groups excluding carboxylic acids is 1. The third-order valence-electron chi connectivity index (χ3n) is 5.20. The Bertz CT molecular complexity index is 597. The fraction of sp³-hybridized carbons (Fsp3) is 0.667. The number of rotatable bonds is 7. The minimum absolute atomic E-state index is 0.0750. The zero-order valence-corrected chi connectivity index (χ0v) is 15.8. The highest BCUT2D eigenvalue weighted by Gasteiger charge is 2.36. The van der Waals surface area contributed by atoms with Gasteiger partial charge in [0.2, 0.25) is 5.91 Å². The SMILES string of the molecule is CCCC(C)CC(=O)N(C1CC1)C(C)c1ccc2c(c1)OCCCO2. The van der Waals surface area contributed by atoms with Crippen molar-refractivity contribution in [3.05, 3.63) is 23.8 Å². The van der Waals surface area contributed by atoms with Crippen molar-refractivity contribution < 1.29 is 14.3 Å². The summed E-state index contributed by atoms with van der Waals surface area (Å²) in [6.07, 6.45) is 6.06. The minimum atomic E-state index is 0.0750. The van der Waals surface area contributed by atoms with Gasteiger partial charge in [-0.1, -0.05) is 32.8 Å². The number of amides is 1. The van der Waals surface area contributed by atoms with Crippen molar-refractivity contribution in [2.45, 2.75) is 71.4 Å². The maximum atomic E-state index is 12.9.